The first-order chi connectivity index (χ1) is 12.2. The molecule has 0 aliphatic carbocycles. The molecule has 2 aromatic rings. The molecule has 3 rings (SSSR count). The van der Waals surface area contributed by atoms with E-state index in [4.69, 9.17) is 9.47 Å². The van der Waals surface area contributed by atoms with E-state index in [1.54, 1.807) is 11.8 Å². The maximum Gasteiger partial charge on any atom is 0.230 e. The number of nitrogens with zero attached hydrogens (tertiary/aromatic N) is 4. The molecule has 134 valence electrons. The number of benzene rings is 1. The van der Waals surface area contributed by atoms with Crippen LogP contribution in [0.25, 0.3) is 5.69 Å². The van der Waals surface area contributed by atoms with E-state index >= 15 is 0 Å². The molecule has 8 nitrogen and oxygen atoms in total. The van der Waals surface area contributed by atoms with E-state index in [2.05, 4.69) is 20.8 Å². The van der Waals surface area contributed by atoms with E-state index in [1.807, 2.05) is 25.1 Å². The number of carbonyl (C=O) groups is 1. The third kappa shape index (κ3) is 4.49. The van der Waals surface area contributed by atoms with E-state index in [-0.39, 0.29) is 17.8 Å². The van der Waals surface area contributed by atoms with Gasteiger partial charge in [-0.15, -0.1) is 5.10 Å². The molecule has 1 atom stereocenters. The second-order valence-corrected chi connectivity index (χ2v) is 6.72. The van der Waals surface area contributed by atoms with Gasteiger partial charge >= 0.3 is 0 Å². The van der Waals surface area contributed by atoms with Gasteiger partial charge in [-0.3, -0.25) is 4.79 Å². The van der Waals surface area contributed by atoms with Gasteiger partial charge < -0.3 is 14.8 Å². The highest BCUT2D eigenvalue weighted by Gasteiger charge is 2.18. The summed E-state index contributed by atoms with van der Waals surface area (Å²) in [6.07, 6.45) is 2.19. The molecular formula is C16H21N5O3S. The fourth-order valence-corrected chi connectivity index (χ4v) is 3.31. The zero-order valence-electron chi connectivity index (χ0n) is 14.3. The largest absolute Gasteiger partial charge is 0.494 e. The Bertz CT molecular complexity index is 730. The van der Waals surface area contributed by atoms with E-state index in [9.17, 15) is 4.79 Å². The Hall–Kier alpha value is -2.13. The Morgan fingerprint density at radius 2 is 2.40 bits per heavy atom. The van der Waals surface area contributed by atoms with Crippen LogP contribution in [0.15, 0.2) is 23.4 Å². The van der Waals surface area contributed by atoms with Crippen LogP contribution < -0.4 is 10.1 Å². The molecule has 1 aliphatic rings. The Kier molecular flexibility index (Phi) is 5.87. The van der Waals surface area contributed by atoms with Crippen molar-refractivity contribution in [3.63, 3.8) is 0 Å². The van der Waals surface area contributed by atoms with Crippen molar-refractivity contribution in [3.05, 3.63) is 23.8 Å². The van der Waals surface area contributed by atoms with Gasteiger partial charge in [-0.25, -0.2) is 0 Å². The molecule has 0 bridgehead atoms. The van der Waals surface area contributed by atoms with Gasteiger partial charge in [0, 0.05) is 13.2 Å². The first-order valence-electron chi connectivity index (χ1n) is 8.12. The van der Waals surface area contributed by atoms with E-state index < -0.39 is 0 Å². The third-order valence-corrected chi connectivity index (χ3v) is 4.81. The van der Waals surface area contributed by atoms with Gasteiger partial charge in [0.1, 0.15) is 11.4 Å². The lowest BCUT2D eigenvalue weighted by molar-refractivity contribution is -0.119. The summed E-state index contributed by atoms with van der Waals surface area (Å²) in [6, 6.07) is 5.77. The molecule has 0 unspecified atom stereocenters. The lowest BCUT2D eigenvalue weighted by Gasteiger charge is -2.11. The summed E-state index contributed by atoms with van der Waals surface area (Å²) in [5, 5.41) is 15.2. The van der Waals surface area contributed by atoms with E-state index in [0.29, 0.717) is 17.5 Å². The van der Waals surface area contributed by atoms with Crippen molar-refractivity contribution in [2.24, 2.45) is 0 Å². The molecule has 1 saturated heterocycles. The first-order valence-corrected chi connectivity index (χ1v) is 9.10. The van der Waals surface area contributed by atoms with Crippen molar-refractivity contribution < 1.29 is 14.3 Å². The van der Waals surface area contributed by atoms with Crippen molar-refractivity contribution in [1.29, 1.82) is 0 Å². The summed E-state index contributed by atoms with van der Waals surface area (Å²) in [5.41, 5.74) is 1.81. The Labute approximate surface area is 150 Å². The lowest BCUT2D eigenvalue weighted by Crippen LogP contribution is -2.32. The molecule has 0 spiro atoms. The summed E-state index contributed by atoms with van der Waals surface area (Å²) in [4.78, 5) is 12.0. The standard InChI is InChI=1S/C16H21N5O3S/c1-11-5-6-14(23-2)13(8-11)21-16(18-19-20-21)25-10-15(22)17-9-12-4-3-7-24-12/h5-6,8,12H,3-4,7,9-10H2,1-2H3,(H,17,22)/t12-/m1/s1. The minimum Gasteiger partial charge on any atom is -0.494 e. The van der Waals surface area contributed by atoms with Gasteiger partial charge in [0.25, 0.3) is 0 Å². The third-order valence-electron chi connectivity index (χ3n) is 3.89. The van der Waals surface area contributed by atoms with Crippen molar-refractivity contribution in [3.8, 4) is 11.4 Å². The Morgan fingerprint density at radius 3 is 3.16 bits per heavy atom. The van der Waals surface area contributed by atoms with Crippen LogP contribution in [0.3, 0.4) is 0 Å². The van der Waals surface area contributed by atoms with Crippen LogP contribution in [-0.4, -0.2) is 58.2 Å². The normalized spacial score (nSPS) is 16.8. The molecule has 25 heavy (non-hydrogen) atoms. The highest BCUT2D eigenvalue weighted by atomic mass is 32.2. The van der Waals surface area contributed by atoms with Crippen LogP contribution in [-0.2, 0) is 9.53 Å². The average Bonchev–Trinajstić information content (AvgIpc) is 3.29. The van der Waals surface area contributed by atoms with Crippen molar-refractivity contribution in [1.82, 2.24) is 25.5 Å². The van der Waals surface area contributed by atoms with Crippen LogP contribution in [0, 0.1) is 6.92 Å². The van der Waals surface area contributed by atoms with Crippen LogP contribution in [0.4, 0.5) is 0 Å². The molecule has 1 aromatic carbocycles. The zero-order chi connectivity index (χ0) is 17.6. The summed E-state index contributed by atoms with van der Waals surface area (Å²) in [6.45, 7) is 3.32. The van der Waals surface area contributed by atoms with Crippen molar-refractivity contribution in [2.75, 3.05) is 26.0 Å². The summed E-state index contributed by atoms with van der Waals surface area (Å²) in [5.74, 6) is 0.843. The maximum absolute atomic E-state index is 12.0. The van der Waals surface area contributed by atoms with Crippen LogP contribution in [0.5, 0.6) is 5.75 Å². The summed E-state index contributed by atoms with van der Waals surface area (Å²) < 4.78 is 12.5. The molecule has 0 saturated carbocycles. The van der Waals surface area contributed by atoms with Crippen LogP contribution in [0.2, 0.25) is 0 Å². The number of aryl methyl sites for hydroxylation is 1. The molecule has 0 radical (unpaired) electrons. The maximum atomic E-state index is 12.0. The van der Waals surface area contributed by atoms with Gasteiger partial charge in [-0.05, 0) is 47.9 Å². The van der Waals surface area contributed by atoms with Crippen molar-refractivity contribution >= 4 is 17.7 Å². The number of hydrogen-bond acceptors (Lipinski definition) is 7. The molecule has 1 aromatic heterocycles. The number of amides is 1. The molecule has 1 fully saturated rings. The number of aromatic nitrogens is 4. The predicted octanol–water partition coefficient (Wildman–Crippen LogP) is 1.37. The number of carbonyl (C=O) groups excluding carboxylic acids is 1. The van der Waals surface area contributed by atoms with Crippen LogP contribution >= 0.6 is 11.8 Å². The number of rotatable bonds is 7. The second-order valence-electron chi connectivity index (χ2n) is 5.78. The number of thioether (sulfide) groups is 1. The number of ether oxygens (including phenoxy) is 2. The van der Waals surface area contributed by atoms with E-state index in [0.717, 1.165) is 30.7 Å². The van der Waals surface area contributed by atoms with Crippen LogP contribution in [0.1, 0.15) is 18.4 Å². The van der Waals surface area contributed by atoms with Gasteiger partial charge in [-0.1, -0.05) is 17.8 Å². The topological polar surface area (TPSA) is 91.2 Å². The fourth-order valence-electron chi connectivity index (χ4n) is 2.60. The highest BCUT2D eigenvalue weighted by Crippen LogP contribution is 2.26. The van der Waals surface area contributed by atoms with E-state index in [1.165, 1.54) is 11.8 Å². The minimum absolute atomic E-state index is 0.0637. The molecule has 1 aliphatic heterocycles. The summed E-state index contributed by atoms with van der Waals surface area (Å²) >= 11 is 1.28. The van der Waals surface area contributed by atoms with Gasteiger partial charge in [0.05, 0.1) is 19.0 Å². The van der Waals surface area contributed by atoms with Gasteiger partial charge in [0.15, 0.2) is 0 Å². The SMILES string of the molecule is COc1ccc(C)cc1-n1nnnc1SCC(=O)NC[C@H]1CCCO1. The van der Waals surface area contributed by atoms with Gasteiger partial charge in [-0.2, -0.15) is 4.68 Å². The monoisotopic (exact) mass is 363 g/mol. The molecular weight excluding hydrogens is 342 g/mol. The smallest absolute Gasteiger partial charge is 0.230 e. The van der Waals surface area contributed by atoms with Crippen molar-refractivity contribution in [2.45, 2.75) is 31.0 Å². The Balaban J connectivity index is 1.62. The fraction of sp³-hybridized carbons (Fsp3) is 0.500. The number of tetrazole rings is 1. The number of nitrogens with one attached hydrogen (secondary N) is 1. The number of hydrogen-bond donors (Lipinski definition) is 1. The average molecular weight is 363 g/mol. The zero-order valence-corrected chi connectivity index (χ0v) is 15.1. The molecule has 9 heteroatoms. The Morgan fingerprint density at radius 1 is 1.52 bits per heavy atom. The molecule has 1 amide bonds. The first kappa shape index (κ1) is 17.7. The minimum atomic E-state index is -0.0637. The predicted molar refractivity (Wildman–Crippen MR) is 93.2 cm³/mol. The second kappa shape index (κ2) is 8.30. The number of methoxy groups -OCH3 is 1. The molecule has 1 N–H and O–H groups in total. The lowest BCUT2D eigenvalue weighted by atomic mass is 10.2. The summed E-state index contributed by atoms with van der Waals surface area (Å²) in [7, 11) is 1.60. The molecule has 2 heterocycles. The van der Waals surface area contributed by atoms with Gasteiger partial charge in [0.2, 0.25) is 11.1 Å². The highest BCUT2D eigenvalue weighted by molar-refractivity contribution is 7.99. The quantitative estimate of drug-likeness (QED) is 0.743.